The molecule has 5 unspecified atom stereocenters. The Kier molecular flexibility index (Phi) is 4.48. The predicted octanol–water partition coefficient (Wildman–Crippen LogP) is 3.28. The summed E-state index contributed by atoms with van der Waals surface area (Å²) in [5.41, 5.74) is 0. The molecule has 2 aliphatic carbocycles. The molecule has 2 heteroatoms. The zero-order chi connectivity index (χ0) is 13.2. The Morgan fingerprint density at radius 2 is 1.89 bits per heavy atom. The summed E-state index contributed by atoms with van der Waals surface area (Å²) in [6.45, 7) is 5.21. The molecule has 1 aliphatic heterocycles. The Labute approximate surface area is 119 Å². The predicted molar refractivity (Wildman–Crippen MR) is 81.3 cm³/mol. The van der Waals surface area contributed by atoms with Crippen LogP contribution in [0.1, 0.15) is 58.3 Å². The number of nitrogens with zero attached hydrogens (tertiary/aromatic N) is 1. The lowest BCUT2D eigenvalue weighted by Gasteiger charge is -2.40. The minimum atomic E-state index is 0.777. The molecule has 3 aliphatic rings. The third-order valence-electron chi connectivity index (χ3n) is 6.21. The van der Waals surface area contributed by atoms with Crippen LogP contribution in [0.5, 0.6) is 0 Å². The van der Waals surface area contributed by atoms with Crippen LogP contribution >= 0.6 is 0 Å². The lowest BCUT2D eigenvalue weighted by Crippen LogP contribution is -2.46. The van der Waals surface area contributed by atoms with E-state index in [4.69, 9.17) is 0 Å². The maximum Gasteiger partial charge on any atom is 0.0124 e. The fourth-order valence-electron chi connectivity index (χ4n) is 5.11. The fraction of sp³-hybridized carbons (Fsp3) is 1.00. The normalized spacial score (nSPS) is 44.2. The molecule has 1 saturated heterocycles. The van der Waals surface area contributed by atoms with Crippen molar-refractivity contribution in [3.8, 4) is 0 Å². The van der Waals surface area contributed by atoms with E-state index in [1.807, 2.05) is 0 Å². The molecule has 5 atom stereocenters. The number of hydrogen-bond acceptors (Lipinski definition) is 2. The van der Waals surface area contributed by atoms with E-state index in [1.54, 1.807) is 0 Å². The van der Waals surface area contributed by atoms with Crippen LogP contribution in [-0.4, -0.2) is 37.1 Å². The first-order valence-electron chi connectivity index (χ1n) is 8.69. The van der Waals surface area contributed by atoms with Gasteiger partial charge in [-0.25, -0.2) is 0 Å². The highest BCUT2D eigenvalue weighted by molar-refractivity contribution is 4.93. The molecule has 0 aromatic heterocycles. The van der Waals surface area contributed by atoms with Crippen molar-refractivity contribution in [1.82, 2.24) is 10.2 Å². The fourth-order valence-corrected chi connectivity index (χ4v) is 5.11. The summed E-state index contributed by atoms with van der Waals surface area (Å²) >= 11 is 0. The first kappa shape index (κ1) is 13.9. The van der Waals surface area contributed by atoms with Gasteiger partial charge in [0.1, 0.15) is 0 Å². The van der Waals surface area contributed by atoms with Crippen LogP contribution in [0.2, 0.25) is 0 Å². The minimum Gasteiger partial charge on any atom is -0.317 e. The first-order valence-corrected chi connectivity index (χ1v) is 8.69. The number of likely N-dealkylation sites (tertiary alicyclic amines) is 1. The van der Waals surface area contributed by atoms with Crippen molar-refractivity contribution in [3.05, 3.63) is 0 Å². The SMILES string of the molecule is CNC1CCC(C)CC1CN1CCC2CCCCC21. The van der Waals surface area contributed by atoms with Crippen LogP contribution in [0.3, 0.4) is 0 Å². The van der Waals surface area contributed by atoms with Gasteiger partial charge in [-0.15, -0.1) is 0 Å². The third kappa shape index (κ3) is 3.00. The van der Waals surface area contributed by atoms with E-state index >= 15 is 0 Å². The van der Waals surface area contributed by atoms with Gasteiger partial charge in [0.05, 0.1) is 0 Å². The molecule has 0 bridgehead atoms. The van der Waals surface area contributed by atoms with Crippen molar-refractivity contribution in [2.24, 2.45) is 17.8 Å². The van der Waals surface area contributed by atoms with Crippen molar-refractivity contribution in [3.63, 3.8) is 0 Å². The summed E-state index contributed by atoms with van der Waals surface area (Å²) in [5.74, 6) is 2.89. The summed E-state index contributed by atoms with van der Waals surface area (Å²) in [7, 11) is 2.17. The molecule has 0 radical (unpaired) electrons. The van der Waals surface area contributed by atoms with Crippen LogP contribution in [-0.2, 0) is 0 Å². The summed E-state index contributed by atoms with van der Waals surface area (Å²) in [5, 5.41) is 3.59. The Morgan fingerprint density at radius 1 is 1.05 bits per heavy atom. The maximum absolute atomic E-state index is 3.59. The second kappa shape index (κ2) is 6.13. The summed E-state index contributed by atoms with van der Waals surface area (Å²) in [6, 6.07) is 1.72. The lowest BCUT2D eigenvalue weighted by molar-refractivity contribution is 0.116. The molecule has 3 fully saturated rings. The molecule has 0 aromatic carbocycles. The van der Waals surface area contributed by atoms with Crippen LogP contribution in [0.15, 0.2) is 0 Å². The average Bonchev–Trinajstić information content (AvgIpc) is 2.83. The van der Waals surface area contributed by atoms with Crippen LogP contribution < -0.4 is 5.32 Å². The van der Waals surface area contributed by atoms with Gasteiger partial charge in [-0.3, -0.25) is 4.90 Å². The Bertz CT molecular complexity index is 291. The smallest absolute Gasteiger partial charge is 0.0124 e. The monoisotopic (exact) mass is 264 g/mol. The number of rotatable bonds is 3. The molecular weight excluding hydrogens is 232 g/mol. The van der Waals surface area contributed by atoms with E-state index in [0.717, 1.165) is 29.8 Å². The van der Waals surface area contributed by atoms with Gasteiger partial charge in [-0.1, -0.05) is 19.8 Å². The topological polar surface area (TPSA) is 15.3 Å². The minimum absolute atomic E-state index is 0.777. The summed E-state index contributed by atoms with van der Waals surface area (Å²) in [4.78, 5) is 2.87. The van der Waals surface area contributed by atoms with Crippen molar-refractivity contribution >= 4 is 0 Å². The average molecular weight is 264 g/mol. The van der Waals surface area contributed by atoms with Crippen molar-refractivity contribution in [2.45, 2.75) is 70.4 Å². The molecule has 0 amide bonds. The van der Waals surface area contributed by atoms with E-state index in [2.05, 4.69) is 24.2 Å². The molecule has 1 N–H and O–H groups in total. The molecular formula is C17H32N2. The number of hydrogen-bond donors (Lipinski definition) is 1. The van der Waals surface area contributed by atoms with Crippen LogP contribution in [0.4, 0.5) is 0 Å². The maximum atomic E-state index is 3.59. The Balaban J connectivity index is 1.60. The Morgan fingerprint density at radius 3 is 2.74 bits per heavy atom. The molecule has 0 spiro atoms. The molecule has 2 nitrogen and oxygen atoms in total. The summed E-state index contributed by atoms with van der Waals surface area (Å²) < 4.78 is 0. The summed E-state index contributed by atoms with van der Waals surface area (Å²) in [6.07, 6.45) is 11.7. The largest absolute Gasteiger partial charge is 0.317 e. The van der Waals surface area contributed by atoms with Crippen molar-refractivity contribution in [1.29, 1.82) is 0 Å². The van der Waals surface area contributed by atoms with Gasteiger partial charge in [-0.05, 0) is 69.9 Å². The van der Waals surface area contributed by atoms with Gasteiger partial charge in [-0.2, -0.15) is 0 Å². The van der Waals surface area contributed by atoms with Crippen molar-refractivity contribution in [2.75, 3.05) is 20.1 Å². The highest BCUT2D eigenvalue weighted by Gasteiger charge is 2.38. The van der Waals surface area contributed by atoms with Crippen LogP contribution in [0.25, 0.3) is 0 Å². The zero-order valence-electron chi connectivity index (χ0n) is 12.9. The van der Waals surface area contributed by atoms with E-state index in [-0.39, 0.29) is 0 Å². The number of nitrogens with one attached hydrogen (secondary N) is 1. The van der Waals surface area contributed by atoms with E-state index in [9.17, 15) is 0 Å². The van der Waals surface area contributed by atoms with Gasteiger partial charge in [0, 0.05) is 18.6 Å². The Hall–Kier alpha value is -0.0800. The van der Waals surface area contributed by atoms with Crippen LogP contribution in [0, 0.1) is 17.8 Å². The van der Waals surface area contributed by atoms with Gasteiger partial charge in [0.2, 0.25) is 0 Å². The zero-order valence-corrected chi connectivity index (χ0v) is 12.9. The molecule has 1 heterocycles. The lowest BCUT2D eigenvalue weighted by atomic mass is 9.78. The van der Waals surface area contributed by atoms with E-state index < -0.39 is 0 Å². The highest BCUT2D eigenvalue weighted by atomic mass is 15.2. The third-order valence-corrected chi connectivity index (χ3v) is 6.21. The van der Waals surface area contributed by atoms with E-state index in [0.29, 0.717) is 0 Å². The first-order chi connectivity index (χ1) is 9.28. The van der Waals surface area contributed by atoms with Crippen molar-refractivity contribution < 1.29 is 0 Å². The number of fused-ring (bicyclic) bond motifs is 1. The molecule has 110 valence electrons. The second-order valence-corrected chi connectivity index (χ2v) is 7.47. The molecule has 2 saturated carbocycles. The molecule has 3 rings (SSSR count). The van der Waals surface area contributed by atoms with Gasteiger partial charge in [0.15, 0.2) is 0 Å². The van der Waals surface area contributed by atoms with Gasteiger partial charge >= 0.3 is 0 Å². The second-order valence-electron chi connectivity index (χ2n) is 7.47. The van der Waals surface area contributed by atoms with Gasteiger partial charge in [0.25, 0.3) is 0 Å². The van der Waals surface area contributed by atoms with E-state index in [1.165, 1.54) is 64.5 Å². The standard InChI is InChI=1S/C17H32N2/c1-13-7-8-16(18-2)15(11-13)12-19-10-9-14-5-3-4-6-17(14)19/h13-18H,3-12H2,1-2H3. The van der Waals surface area contributed by atoms with Gasteiger partial charge < -0.3 is 5.32 Å². The molecule has 19 heavy (non-hydrogen) atoms. The molecule has 0 aromatic rings. The highest BCUT2D eigenvalue weighted by Crippen LogP contribution is 2.38. The quantitative estimate of drug-likeness (QED) is 0.841.